The fourth-order valence-electron chi connectivity index (χ4n) is 2.38. The number of benzene rings is 2. The van der Waals surface area contributed by atoms with Gasteiger partial charge in [-0.3, -0.25) is 9.59 Å². The molecule has 0 radical (unpaired) electrons. The molecule has 2 aromatic carbocycles. The average Bonchev–Trinajstić information content (AvgIpc) is 3.19. The van der Waals surface area contributed by atoms with E-state index in [1.807, 2.05) is 0 Å². The van der Waals surface area contributed by atoms with Crippen LogP contribution in [0, 0.1) is 5.82 Å². The van der Waals surface area contributed by atoms with E-state index in [4.69, 9.17) is 4.42 Å². The van der Waals surface area contributed by atoms with E-state index in [0.29, 0.717) is 22.7 Å². The molecule has 7 heteroatoms. The highest BCUT2D eigenvalue weighted by atomic mass is 19.1. The van der Waals surface area contributed by atoms with E-state index in [0.717, 1.165) is 0 Å². The molecule has 0 aliphatic heterocycles. The van der Waals surface area contributed by atoms with Crippen molar-refractivity contribution < 1.29 is 18.4 Å². The average molecular weight is 367 g/mol. The molecule has 0 aliphatic carbocycles. The Morgan fingerprint density at radius 1 is 0.963 bits per heavy atom. The second-order valence-electron chi connectivity index (χ2n) is 5.75. The molecule has 0 saturated carbocycles. The number of carbonyl (C=O) groups excluding carboxylic acids is 2. The van der Waals surface area contributed by atoms with Gasteiger partial charge < -0.3 is 20.4 Å². The summed E-state index contributed by atoms with van der Waals surface area (Å²) in [7, 11) is 0. The number of nitrogens with one attached hydrogen (secondary N) is 3. The van der Waals surface area contributed by atoms with Crippen LogP contribution in [0.2, 0.25) is 0 Å². The molecule has 1 aromatic heterocycles. The largest absolute Gasteiger partial charge is 0.467 e. The molecule has 3 N–H and O–H groups in total. The third-order valence-electron chi connectivity index (χ3n) is 3.71. The highest BCUT2D eigenvalue weighted by Crippen LogP contribution is 2.12. The van der Waals surface area contributed by atoms with Crippen LogP contribution >= 0.6 is 0 Å². The fraction of sp³-hybridized carbons (Fsp3) is 0.100. The second-order valence-corrected chi connectivity index (χ2v) is 5.75. The summed E-state index contributed by atoms with van der Waals surface area (Å²) in [6.07, 6.45) is 1.54. The zero-order chi connectivity index (χ0) is 19.1. The van der Waals surface area contributed by atoms with E-state index in [9.17, 15) is 14.0 Å². The Hall–Kier alpha value is -3.61. The molecule has 138 valence electrons. The zero-order valence-electron chi connectivity index (χ0n) is 14.4. The van der Waals surface area contributed by atoms with Crippen molar-refractivity contribution in [1.82, 2.24) is 5.32 Å². The molecular formula is C20H18FN3O3. The maximum atomic E-state index is 12.9. The number of anilines is 2. The molecule has 2 amide bonds. The quantitative estimate of drug-likeness (QED) is 0.598. The first-order valence-electron chi connectivity index (χ1n) is 8.30. The van der Waals surface area contributed by atoms with Gasteiger partial charge in [0.1, 0.15) is 11.6 Å². The third-order valence-corrected chi connectivity index (χ3v) is 3.71. The molecule has 1 heterocycles. The fourth-order valence-corrected chi connectivity index (χ4v) is 2.38. The molecule has 0 fully saturated rings. The number of amides is 2. The Morgan fingerprint density at radius 2 is 1.78 bits per heavy atom. The minimum Gasteiger partial charge on any atom is -0.467 e. The van der Waals surface area contributed by atoms with Crippen LogP contribution in [0.1, 0.15) is 16.1 Å². The molecule has 6 nitrogen and oxygen atoms in total. The third kappa shape index (κ3) is 5.43. The van der Waals surface area contributed by atoms with Crippen LogP contribution in [-0.2, 0) is 11.3 Å². The summed E-state index contributed by atoms with van der Waals surface area (Å²) in [5, 5.41) is 8.36. The lowest BCUT2D eigenvalue weighted by molar-refractivity contribution is -0.114. The summed E-state index contributed by atoms with van der Waals surface area (Å²) in [4.78, 5) is 24.3. The normalized spacial score (nSPS) is 10.3. The van der Waals surface area contributed by atoms with Crippen LogP contribution in [0.4, 0.5) is 15.8 Å². The Balaban J connectivity index is 1.52. The second kappa shape index (κ2) is 8.66. The van der Waals surface area contributed by atoms with Crippen LogP contribution in [-0.4, -0.2) is 18.4 Å². The molecule has 27 heavy (non-hydrogen) atoms. The standard InChI is InChI=1S/C20H18FN3O3/c21-15-6-8-16(9-7-15)22-13-19(25)24-17-4-1-3-14(11-17)20(26)23-12-18-5-2-10-27-18/h1-11,22H,12-13H2,(H,23,26)(H,24,25). The van der Waals surface area contributed by atoms with Crippen molar-refractivity contribution in [3.8, 4) is 0 Å². The summed E-state index contributed by atoms with van der Waals surface area (Å²) in [5.74, 6) is -0.244. The summed E-state index contributed by atoms with van der Waals surface area (Å²) in [6.45, 7) is 0.296. The first-order valence-corrected chi connectivity index (χ1v) is 8.30. The smallest absolute Gasteiger partial charge is 0.251 e. The van der Waals surface area contributed by atoms with Crippen molar-refractivity contribution in [3.63, 3.8) is 0 Å². The Morgan fingerprint density at radius 3 is 2.52 bits per heavy atom. The van der Waals surface area contributed by atoms with E-state index in [-0.39, 0.29) is 30.7 Å². The highest BCUT2D eigenvalue weighted by Gasteiger charge is 2.08. The summed E-state index contributed by atoms with van der Waals surface area (Å²) < 4.78 is 18.0. The van der Waals surface area contributed by atoms with Gasteiger partial charge in [0.15, 0.2) is 0 Å². The summed E-state index contributed by atoms with van der Waals surface area (Å²) in [5.41, 5.74) is 1.56. The van der Waals surface area contributed by atoms with Gasteiger partial charge in [-0.15, -0.1) is 0 Å². The van der Waals surface area contributed by atoms with Gasteiger partial charge in [0.25, 0.3) is 5.91 Å². The highest BCUT2D eigenvalue weighted by molar-refractivity contribution is 5.98. The van der Waals surface area contributed by atoms with Gasteiger partial charge in [-0.25, -0.2) is 4.39 Å². The first-order chi connectivity index (χ1) is 13.1. The number of rotatable bonds is 7. The molecule has 0 unspecified atom stereocenters. The number of halogens is 1. The Labute approximate surface area is 155 Å². The van der Waals surface area contributed by atoms with Crippen molar-refractivity contribution in [2.24, 2.45) is 0 Å². The molecule has 0 aliphatic rings. The van der Waals surface area contributed by atoms with E-state index in [1.165, 1.54) is 18.4 Å². The summed E-state index contributed by atoms with van der Waals surface area (Å²) >= 11 is 0. The molecule has 0 atom stereocenters. The van der Waals surface area contributed by atoms with E-state index < -0.39 is 0 Å². The lowest BCUT2D eigenvalue weighted by Gasteiger charge is -2.09. The Bertz CT molecular complexity index is 908. The van der Waals surface area contributed by atoms with Crippen molar-refractivity contribution >= 4 is 23.2 Å². The SMILES string of the molecule is O=C(CNc1ccc(F)cc1)Nc1cccc(C(=O)NCc2ccco2)c1. The topological polar surface area (TPSA) is 83.4 Å². The minimum absolute atomic E-state index is 0.0144. The minimum atomic E-state index is -0.341. The molecule has 0 spiro atoms. The van der Waals surface area contributed by atoms with Crippen molar-refractivity contribution in [2.75, 3.05) is 17.2 Å². The summed E-state index contributed by atoms with van der Waals surface area (Å²) in [6, 6.07) is 15.9. The lowest BCUT2D eigenvalue weighted by Crippen LogP contribution is -2.24. The van der Waals surface area contributed by atoms with E-state index >= 15 is 0 Å². The van der Waals surface area contributed by atoms with Crippen LogP contribution in [0.5, 0.6) is 0 Å². The van der Waals surface area contributed by atoms with Crippen LogP contribution in [0.15, 0.2) is 71.3 Å². The maximum absolute atomic E-state index is 12.9. The molecular weight excluding hydrogens is 349 g/mol. The van der Waals surface area contributed by atoms with Crippen LogP contribution in [0.25, 0.3) is 0 Å². The number of hydrogen-bond acceptors (Lipinski definition) is 4. The van der Waals surface area contributed by atoms with Gasteiger partial charge in [0.2, 0.25) is 5.91 Å². The Kier molecular flexibility index (Phi) is 5.84. The molecule has 0 saturated heterocycles. The number of carbonyl (C=O) groups is 2. The predicted molar refractivity (Wildman–Crippen MR) is 99.8 cm³/mol. The van der Waals surface area contributed by atoms with Crippen LogP contribution < -0.4 is 16.0 Å². The van der Waals surface area contributed by atoms with E-state index in [1.54, 1.807) is 48.5 Å². The van der Waals surface area contributed by atoms with Crippen molar-refractivity contribution in [3.05, 3.63) is 84.1 Å². The number of furan rings is 1. The molecule has 3 rings (SSSR count). The van der Waals surface area contributed by atoms with Crippen molar-refractivity contribution in [2.45, 2.75) is 6.54 Å². The monoisotopic (exact) mass is 367 g/mol. The molecule has 3 aromatic rings. The lowest BCUT2D eigenvalue weighted by atomic mass is 10.2. The van der Waals surface area contributed by atoms with Gasteiger partial charge in [-0.2, -0.15) is 0 Å². The number of hydrogen-bond donors (Lipinski definition) is 3. The van der Waals surface area contributed by atoms with Crippen molar-refractivity contribution in [1.29, 1.82) is 0 Å². The molecule has 0 bridgehead atoms. The van der Waals surface area contributed by atoms with Gasteiger partial charge in [0, 0.05) is 16.9 Å². The maximum Gasteiger partial charge on any atom is 0.251 e. The first kappa shape index (κ1) is 18.2. The van der Waals surface area contributed by atoms with Gasteiger partial charge in [-0.1, -0.05) is 6.07 Å². The van der Waals surface area contributed by atoms with Gasteiger partial charge in [0.05, 0.1) is 19.4 Å². The zero-order valence-corrected chi connectivity index (χ0v) is 14.4. The predicted octanol–water partition coefficient (Wildman–Crippen LogP) is 3.40. The van der Waals surface area contributed by atoms with Crippen LogP contribution in [0.3, 0.4) is 0 Å². The van der Waals surface area contributed by atoms with E-state index in [2.05, 4.69) is 16.0 Å². The van der Waals surface area contributed by atoms with Gasteiger partial charge in [-0.05, 0) is 54.6 Å². The van der Waals surface area contributed by atoms with Gasteiger partial charge >= 0.3 is 0 Å².